The van der Waals surface area contributed by atoms with Crippen LogP contribution in [0.4, 0.5) is 10.1 Å². The molecular weight excluding hydrogens is 475 g/mol. The molecule has 1 N–H and O–H groups in total. The van der Waals surface area contributed by atoms with Crippen molar-refractivity contribution in [1.82, 2.24) is 5.32 Å². The number of thioether (sulfide) groups is 1. The summed E-state index contributed by atoms with van der Waals surface area (Å²) in [4.78, 5) is 13.9. The molecule has 6 nitrogen and oxygen atoms in total. The van der Waals surface area contributed by atoms with E-state index < -0.39 is 28.3 Å². The van der Waals surface area contributed by atoms with Crippen LogP contribution in [0.2, 0.25) is 0 Å². The Labute approximate surface area is 204 Å². The predicted molar refractivity (Wildman–Crippen MR) is 133 cm³/mol. The summed E-state index contributed by atoms with van der Waals surface area (Å²) in [7, 11) is -2.55. The first-order valence-electron chi connectivity index (χ1n) is 10.6. The van der Waals surface area contributed by atoms with E-state index in [-0.39, 0.29) is 16.6 Å². The molecule has 3 rings (SSSR count). The van der Waals surface area contributed by atoms with Crippen LogP contribution in [-0.4, -0.2) is 34.2 Å². The van der Waals surface area contributed by atoms with Gasteiger partial charge >= 0.3 is 0 Å². The molecule has 0 saturated heterocycles. The third kappa shape index (κ3) is 6.09. The van der Waals surface area contributed by atoms with Crippen LogP contribution in [0.5, 0.6) is 5.75 Å². The Morgan fingerprint density at radius 1 is 1.09 bits per heavy atom. The molecule has 0 aliphatic rings. The third-order valence-corrected chi connectivity index (χ3v) is 7.82. The van der Waals surface area contributed by atoms with Gasteiger partial charge in [0.15, 0.2) is 0 Å². The Bertz CT molecular complexity index is 1220. The van der Waals surface area contributed by atoms with Gasteiger partial charge in [-0.1, -0.05) is 25.1 Å². The number of ether oxygens (including phenoxy) is 1. The maximum Gasteiger partial charge on any atom is 0.264 e. The quantitative estimate of drug-likeness (QED) is 0.394. The number of rotatable bonds is 10. The molecule has 0 aliphatic carbocycles. The third-order valence-electron chi connectivity index (χ3n) is 5.29. The number of nitrogens with zero attached hydrogens (tertiary/aromatic N) is 1. The summed E-state index contributed by atoms with van der Waals surface area (Å²) < 4.78 is 47.0. The number of benzene rings is 3. The molecule has 3 aromatic rings. The van der Waals surface area contributed by atoms with Gasteiger partial charge in [0.05, 0.1) is 23.7 Å². The lowest BCUT2D eigenvalue weighted by Gasteiger charge is -2.26. The monoisotopic (exact) mass is 502 g/mol. The van der Waals surface area contributed by atoms with E-state index in [2.05, 4.69) is 5.32 Å². The lowest BCUT2D eigenvalue weighted by molar-refractivity contribution is -0.120. The minimum Gasteiger partial charge on any atom is -0.497 e. The average molecular weight is 503 g/mol. The summed E-state index contributed by atoms with van der Waals surface area (Å²) in [6, 6.07) is 18.5. The molecule has 9 heteroatoms. The van der Waals surface area contributed by atoms with Gasteiger partial charge in [0.25, 0.3) is 10.0 Å². The van der Waals surface area contributed by atoms with Gasteiger partial charge in [-0.3, -0.25) is 9.10 Å². The standard InChI is InChI=1S/C25H27FN2O4S2/c1-4-24(18-8-10-21(32-2)11-9-18)27-25(29)17-28(20-7-5-6-19(26)16-20)34(30,31)23-14-12-22(33-3)13-15-23/h5-16,24H,4,17H2,1-3H3,(H,27,29). The Morgan fingerprint density at radius 3 is 2.32 bits per heavy atom. The van der Waals surface area contributed by atoms with E-state index in [4.69, 9.17) is 4.74 Å². The van der Waals surface area contributed by atoms with Crippen LogP contribution in [0.3, 0.4) is 0 Å². The van der Waals surface area contributed by atoms with Gasteiger partial charge < -0.3 is 10.1 Å². The van der Waals surface area contributed by atoms with E-state index in [1.54, 1.807) is 31.4 Å². The van der Waals surface area contributed by atoms with Gasteiger partial charge in [-0.15, -0.1) is 11.8 Å². The van der Waals surface area contributed by atoms with Crippen LogP contribution < -0.4 is 14.4 Å². The van der Waals surface area contributed by atoms with Gasteiger partial charge in [0, 0.05) is 4.90 Å². The summed E-state index contributed by atoms with van der Waals surface area (Å²) in [6.45, 7) is 1.42. The fraction of sp³-hybridized carbons (Fsp3) is 0.240. The van der Waals surface area contributed by atoms with E-state index in [0.29, 0.717) is 12.2 Å². The van der Waals surface area contributed by atoms with Crippen molar-refractivity contribution in [3.63, 3.8) is 0 Å². The largest absolute Gasteiger partial charge is 0.497 e. The van der Waals surface area contributed by atoms with Crippen molar-refractivity contribution in [2.24, 2.45) is 0 Å². The number of hydrogen-bond acceptors (Lipinski definition) is 5. The van der Waals surface area contributed by atoms with E-state index in [9.17, 15) is 17.6 Å². The average Bonchev–Trinajstić information content (AvgIpc) is 2.85. The minimum absolute atomic E-state index is 0.0181. The molecule has 34 heavy (non-hydrogen) atoms. The van der Waals surface area contributed by atoms with Crippen LogP contribution in [0.25, 0.3) is 0 Å². The minimum atomic E-state index is -4.13. The highest BCUT2D eigenvalue weighted by atomic mass is 32.2. The summed E-state index contributed by atoms with van der Waals surface area (Å²) in [5.74, 6) is -0.405. The van der Waals surface area contributed by atoms with Crippen LogP contribution >= 0.6 is 11.8 Å². The highest BCUT2D eigenvalue weighted by molar-refractivity contribution is 7.98. The smallest absolute Gasteiger partial charge is 0.264 e. The van der Waals surface area contributed by atoms with Crippen LogP contribution in [0, 0.1) is 5.82 Å². The highest BCUT2D eigenvalue weighted by Crippen LogP contribution is 2.26. The zero-order chi connectivity index (χ0) is 24.7. The van der Waals surface area contributed by atoms with Crippen molar-refractivity contribution >= 4 is 33.4 Å². The zero-order valence-electron chi connectivity index (χ0n) is 19.2. The molecule has 0 aliphatic heterocycles. The number of anilines is 1. The first kappa shape index (κ1) is 25.6. The van der Waals surface area contributed by atoms with Crippen molar-refractivity contribution in [2.45, 2.75) is 29.2 Å². The van der Waals surface area contributed by atoms with Crippen molar-refractivity contribution in [3.8, 4) is 5.75 Å². The summed E-state index contributed by atoms with van der Waals surface area (Å²) >= 11 is 1.48. The van der Waals surface area contributed by atoms with Crippen molar-refractivity contribution in [3.05, 3.63) is 84.2 Å². The van der Waals surface area contributed by atoms with Crippen LogP contribution in [-0.2, 0) is 14.8 Å². The zero-order valence-corrected chi connectivity index (χ0v) is 20.8. The van der Waals surface area contributed by atoms with E-state index in [1.807, 2.05) is 25.3 Å². The number of sulfonamides is 1. The molecule has 0 saturated carbocycles. The fourth-order valence-electron chi connectivity index (χ4n) is 3.45. The molecular formula is C25H27FN2O4S2. The normalized spacial score (nSPS) is 12.1. The molecule has 0 aromatic heterocycles. The Balaban J connectivity index is 1.89. The molecule has 0 spiro atoms. The summed E-state index contributed by atoms with van der Waals surface area (Å²) in [5.41, 5.74) is 0.936. The van der Waals surface area contributed by atoms with Crippen LogP contribution in [0.15, 0.2) is 82.6 Å². The molecule has 0 heterocycles. The molecule has 0 bridgehead atoms. The number of nitrogens with one attached hydrogen (secondary N) is 1. The van der Waals surface area contributed by atoms with Gasteiger partial charge in [-0.25, -0.2) is 12.8 Å². The molecule has 1 atom stereocenters. The second-order valence-corrected chi connectivity index (χ2v) is 10.2. The maximum atomic E-state index is 14.0. The second-order valence-electron chi connectivity index (χ2n) is 7.47. The number of hydrogen-bond donors (Lipinski definition) is 1. The van der Waals surface area contributed by atoms with E-state index >= 15 is 0 Å². The van der Waals surface area contributed by atoms with Gasteiger partial charge in [0.2, 0.25) is 5.91 Å². The molecule has 180 valence electrons. The first-order valence-corrected chi connectivity index (χ1v) is 13.3. The number of methoxy groups -OCH3 is 1. The number of carbonyl (C=O) groups is 1. The van der Waals surface area contributed by atoms with E-state index in [1.165, 1.54) is 42.1 Å². The molecule has 3 aromatic carbocycles. The highest BCUT2D eigenvalue weighted by Gasteiger charge is 2.28. The van der Waals surface area contributed by atoms with Gasteiger partial charge in [-0.2, -0.15) is 0 Å². The van der Waals surface area contributed by atoms with Crippen molar-refractivity contribution in [1.29, 1.82) is 0 Å². The summed E-state index contributed by atoms with van der Waals surface area (Å²) in [5, 5.41) is 2.89. The van der Waals surface area contributed by atoms with Crippen molar-refractivity contribution in [2.75, 3.05) is 24.2 Å². The fourth-order valence-corrected chi connectivity index (χ4v) is 5.27. The first-order chi connectivity index (χ1) is 16.3. The number of amides is 1. The molecule has 1 amide bonds. The lowest BCUT2D eigenvalue weighted by atomic mass is 10.0. The number of carbonyl (C=O) groups excluding carboxylic acids is 1. The van der Waals surface area contributed by atoms with Crippen molar-refractivity contribution < 1.29 is 22.3 Å². The molecule has 1 unspecified atom stereocenters. The maximum absolute atomic E-state index is 14.0. The Morgan fingerprint density at radius 2 is 1.76 bits per heavy atom. The summed E-state index contributed by atoms with van der Waals surface area (Å²) in [6.07, 6.45) is 2.49. The van der Waals surface area contributed by atoms with Crippen LogP contribution in [0.1, 0.15) is 24.9 Å². The van der Waals surface area contributed by atoms with Gasteiger partial charge in [-0.05, 0) is 72.8 Å². The van der Waals surface area contributed by atoms with E-state index in [0.717, 1.165) is 20.8 Å². The predicted octanol–water partition coefficient (Wildman–Crippen LogP) is 5.02. The lowest BCUT2D eigenvalue weighted by Crippen LogP contribution is -2.42. The Hall–Kier alpha value is -3.04. The topological polar surface area (TPSA) is 75.7 Å². The Kier molecular flexibility index (Phi) is 8.57. The SMILES string of the molecule is CCC(NC(=O)CN(c1cccc(F)c1)S(=O)(=O)c1ccc(SC)cc1)c1ccc(OC)cc1. The van der Waals surface area contributed by atoms with Gasteiger partial charge in [0.1, 0.15) is 18.1 Å². The number of halogens is 1. The second kappa shape index (κ2) is 11.4. The molecule has 0 radical (unpaired) electrons. The molecule has 0 fully saturated rings.